The van der Waals surface area contributed by atoms with Gasteiger partial charge >= 0.3 is 6.01 Å². The zero-order valence-corrected chi connectivity index (χ0v) is 25.3. The number of rotatable bonds is 6. The molecule has 8 nitrogen and oxygen atoms in total. The third kappa shape index (κ3) is 4.69. The van der Waals surface area contributed by atoms with E-state index in [0.29, 0.717) is 66.7 Å². The molecule has 45 heavy (non-hydrogen) atoms. The van der Waals surface area contributed by atoms with Crippen LogP contribution in [0.25, 0.3) is 32.9 Å². The van der Waals surface area contributed by atoms with Crippen LogP contribution in [0.4, 0.5) is 19.0 Å². The van der Waals surface area contributed by atoms with Crippen LogP contribution in [0.1, 0.15) is 44.6 Å². The van der Waals surface area contributed by atoms with Crippen molar-refractivity contribution < 1.29 is 27.8 Å². The third-order valence-electron chi connectivity index (χ3n) is 10.4. The number of nitrogens with zero attached hydrogens (tertiary/aromatic N) is 5. The number of anilines is 1. The molecule has 4 aliphatic heterocycles. The Bertz CT molecular complexity index is 1820. The maximum Gasteiger partial charge on any atom is 0.319 e. The molecule has 1 N–H and O–H groups in total. The second kappa shape index (κ2) is 10.7. The van der Waals surface area contributed by atoms with E-state index in [1.807, 2.05) is 6.92 Å². The van der Waals surface area contributed by atoms with Gasteiger partial charge in [0.05, 0.1) is 24.1 Å². The average Bonchev–Trinajstić information content (AvgIpc) is 3.55. The van der Waals surface area contributed by atoms with Crippen molar-refractivity contribution in [1.29, 1.82) is 0 Å². The summed E-state index contributed by atoms with van der Waals surface area (Å²) in [4.78, 5) is 18.3. The molecule has 4 fully saturated rings. The summed E-state index contributed by atoms with van der Waals surface area (Å²) in [7, 11) is 0. The monoisotopic (exact) mass is 619 g/mol. The van der Waals surface area contributed by atoms with E-state index in [0.717, 1.165) is 38.8 Å². The topological polar surface area (TPSA) is 83.8 Å². The summed E-state index contributed by atoms with van der Waals surface area (Å²) in [5.74, 6) is -0.650. The molecule has 2 aromatic heterocycles. The van der Waals surface area contributed by atoms with Crippen LogP contribution in [0.2, 0.25) is 0 Å². The number of hydrogen-bond acceptors (Lipinski definition) is 8. The summed E-state index contributed by atoms with van der Waals surface area (Å²) in [5.41, 5.74) is 0.309. The quantitative estimate of drug-likeness (QED) is 0.283. The van der Waals surface area contributed by atoms with Crippen LogP contribution in [0.5, 0.6) is 11.8 Å². The van der Waals surface area contributed by atoms with Gasteiger partial charge in [0.25, 0.3) is 0 Å². The number of ether oxygens (including phenoxy) is 2. The van der Waals surface area contributed by atoms with Gasteiger partial charge in [0.1, 0.15) is 41.4 Å². The van der Waals surface area contributed by atoms with E-state index in [1.165, 1.54) is 18.2 Å². The molecule has 4 aromatic rings. The van der Waals surface area contributed by atoms with Gasteiger partial charge in [0.2, 0.25) is 0 Å². The molecule has 2 unspecified atom stereocenters. The summed E-state index contributed by atoms with van der Waals surface area (Å²) in [6, 6.07) is 5.92. The third-order valence-corrected chi connectivity index (χ3v) is 10.4. The molecule has 1 spiro atoms. The fraction of sp³-hybridized carbons (Fsp3) is 0.500. The Hall–Kier alpha value is -3.70. The van der Waals surface area contributed by atoms with Crippen molar-refractivity contribution in [3.05, 3.63) is 47.7 Å². The lowest BCUT2D eigenvalue weighted by Gasteiger charge is -2.48. The fourth-order valence-electron chi connectivity index (χ4n) is 8.21. The normalized spacial score (nSPS) is 24.4. The summed E-state index contributed by atoms with van der Waals surface area (Å²) < 4.78 is 58.1. The van der Waals surface area contributed by atoms with Crippen LogP contribution < -0.4 is 9.64 Å². The summed E-state index contributed by atoms with van der Waals surface area (Å²) >= 11 is 0. The first-order valence-electron chi connectivity index (χ1n) is 15.9. The summed E-state index contributed by atoms with van der Waals surface area (Å²) in [5, 5.41) is 12.1. The molecule has 4 aliphatic rings. The largest absolute Gasteiger partial charge is 0.508 e. The maximum atomic E-state index is 16.8. The van der Waals surface area contributed by atoms with Gasteiger partial charge in [0.15, 0.2) is 5.82 Å². The summed E-state index contributed by atoms with van der Waals surface area (Å²) in [6.45, 7) is 6.06. The fourth-order valence-corrected chi connectivity index (χ4v) is 8.21. The molecule has 236 valence electrons. The van der Waals surface area contributed by atoms with Gasteiger partial charge in [-0.3, -0.25) is 9.88 Å². The second-order valence-corrected chi connectivity index (χ2v) is 13.4. The molecule has 8 rings (SSSR count). The molecule has 0 aliphatic carbocycles. The van der Waals surface area contributed by atoms with Gasteiger partial charge in [-0.25, -0.2) is 13.2 Å². The van der Waals surface area contributed by atoms with Crippen molar-refractivity contribution in [2.45, 2.75) is 57.2 Å². The molecule has 2 atom stereocenters. The van der Waals surface area contributed by atoms with Crippen LogP contribution in [-0.2, 0) is 11.2 Å². The van der Waals surface area contributed by atoms with Crippen LogP contribution in [0, 0.1) is 17.0 Å². The van der Waals surface area contributed by atoms with Gasteiger partial charge in [-0.05, 0) is 73.2 Å². The molecule has 0 radical (unpaired) electrons. The first kappa shape index (κ1) is 28.8. The molecule has 0 bridgehead atoms. The molecule has 0 amide bonds. The number of halogens is 3. The minimum absolute atomic E-state index is 0.0302. The van der Waals surface area contributed by atoms with Crippen molar-refractivity contribution in [1.82, 2.24) is 19.9 Å². The number of aromatic hydroxyl groups is 1. The highest BCUT2D eigenvalue weighted by Crippen LogP contribution is 2.43. The van der Waals surface area contributed by atoms with E-state index in [4.69, 9.17) is 14.5 Å². The Morgan fingerprint density at radius 2 is 1.96 bits per heavy atom. The van der Waals surface area contributed by atoms with Crippen molar-refractivity contribution >= 4 is 27.5 Å². The SMILES string of the molecule is CCc1c(F)ccc2cc(O)cc(-c3ncc4c(N5CCCC6(COC6)C5)nc(OCC56CCCN5CC(F)C6)nc4c3F)c12. The number of alkyl halides is 1. The van der Waals surface area contributed by atoms with Crippen molar-refractivity contribution in [2.24, 2.45) is 5.41 Å². The first-order valence-corrected chi connectivity index (χ1v) is 15.9. The minimum atomic E-state index is -0.905. The lowest BCUT2D eigenvalue weighted by molar-refractivity contribution is -0.117. The highest BCUT2D eigenvalue weighted by atomic mass is 19.1. The lowest BCUT2D eigenvalue weighted by atomic mass is 9.78. The van der Waals surface area contributed by atoms with E-state index in [-0.39, 0.29) is 40.6 Å². The molecule has 6 heterocycles. The highest BCUT2D eigenvalue weighted by Gasteiger charge is 2.49. The summed E-state index contributed by atoms with van der Waals surface area (Å²) in [6.07, 6.45) is 5.22. The second-order valence-electron chi connectivity index (χ2n) is 13.4. The van der Waals surface area contributed by atoms with Gasteiger partial charge in [-0.15, -0.1) is 0 Å². The first-order chi connectivity index (χ1) is 21.8. The maximum absolute atomic E-state index is 16.8. The van der Waals surface area contributed by atoms with Crippen molar-refractivity contribution in [3.8, 4) is 23.0 Å². The number of phenolic OH excluding ortho intramolecular Hbond substituents is 1. The van der Waals surface area contributed by atoms with Gasteiger partial charge in [-0.2, -0.15) is 9.97 Å². The Morgan fingerprint density at radius 1 is 1.11 bits per heavy atom. The van der Waals surface area contributed by atoms with Gasteiger partial charge in [0, 0.05) is 43.2 Å². The number of fused-ring (bicyclic) bond motifs is 3. The molecule has 0 saturated carbocycles. The number of aromatic nitrogens is 3. The Kier molecular flexibility index (Phi) is 6.83. The van der Waals surface area contributed by atoms with E-state index < -0.39 is 23.3 Å². The lowest BCUT2D eigenvalue weighted by Crippen LogP contribution is -2.54. The van der Waals surface area contributed by atoms with E-state index >= 15 is 4.39 Å². The molecule has 11 heteroatoms. The predicted octanol–water partition coefficient (Wildman–Crippen LogP) is 5.96. The van der Waals surface area contributed by atoms with Gasteiger partial charge < -0.3 is 19.5 Å². The molecule has 4 saturated heterocycles. The number of hydrogen-bond donors (Lipinski definition) is 1. The predicted molar refractivity (Wildman–Crippen MR) is 164 cm³/mol. The Labute approximate surface area is 259 Å². The molecular formula is C34H36F3N5O3. The number of pyridine rings is 1. The van der Waals surface area contributed by atoms with Crippen molar-refractivity contribution in [2.75, 3.05) is 50.9 Å². The zero-order valence-electron chi connectivity index (χ0n) is 25.3. The minimum Gasteiger partial charge on any atom is -0.508 e. The van der Waals surface area contributed by atoms with Crippen LogP contribution in [-0.4, -0.2) is 82.7 Å². The van der Waals surface area contributed by atoms with E-state index in [9.17, 15) is 13.9 Å². The molecular weight excluding hydrogens is 583 g/mol. The van der Waals surface area contributed by atoms with Crippen LogP contribution in [0.15, 0.2) is 30.5 Å². The van der Waals surface area contributed by atoms with E-state index in [1.54, 1.807) is 12.3 Å². The Balaban J connectivity index is 1.27. The number of phenols is 1. The number of benzene rings is 2. The highest BCUT2D eigenvalue weighted by molar-refractivity contribution is 6.01. The average molecular weight is 620 g/mol. The standard InChI is InChI=1S/C34H36F3N5O3/c1-2-23-26(36)6-5-20-11-22(43)12-24(27(20)23)29-28(37)30-25(14-38-29)31(41-9-3-7-33(16-41)17-44-18-33)40-32(39-30)45-19-34-8-4-10-42(34)15-21(35)13-34/h5-6,11-12,14,21,43H,2-4,7-10,13,15-19H2,1H3. The van der Waals surface area contributed by atoms with Gasteiger partial charge in [-0.1, -0.05) is 13.0 Å². The zero-order chi connectivity index (χ0) is 30.9. The number of aryl methyl sites for hydroxylation is 1. The van der Waals surface area contributed by atoms with E-state index in [2.05, 4.69) is 19.8 Å². The van der Waals surface area contributed by atoms with Crippen LogP contribution >= 0.6 is 0 Å². The number of piperidine rings is 1. The smallest absolute Gasteiger partial charge is 0.319 e. The van der Waals surface area contributed by atoms with Crippen LogP contribution in [0.3, 0.4) is 0 Å². The molecule has 2 aromatic carbocycles. The Morgan fingerprint density at radius 3 is 2.76 bits per heavy atom. The van der Waals surface area contributed by atoms with Crippen molar-refractivity contribution in [3.63, 3.8) is 0 Å².